The Labute approximate surface area is 92.7 Å². The molecule has 0 aromatic carbocycles. The zero-order valence-corrected chi connectivity index (χ0v) is 8.88. The molecule has 1 aromatic heterocycles. The van der Waals surface area contributed by atoms with Crippen LogP contribution in [-0.2, 0) is 4.79 Å². The normalized spacial score (nSPS) is 9.81. The van der Waals surface area contributed by atoms with E-state index in [1.807, 2.05) is 6.92 Å². The third-order valence-corrected chi connectivity index (χ3v) is 2.06. The molecule has 0 fully saturated rings. The Morgan fingerprint density at radius 1 is 1.56 bits per heavy atom. The summed E-state index contributed by atoms with van der Waals surface area (Å²) in [5, 5.41) is 8.69. The number of amides is 1. The summed E-state index contributed by atoms with van der Waals surface area (Å²) in [4.78, 5) is 27.1. The predicted octanol–water partition coefficient (Wildman–Crippen LogP) is 0.0914. The summed E-state index contributed by atoms with van der Waals surface area (Å²) >= 11 is 0. The molecular weight excluding hydrogens is 210 g/mol. The molecule has 0 atom stereocenters. The third kappa shape index (κ3) is 2.94. The van der Waals surface area contributed by atoms with Crippen molar-refractivity contribution in [2.24, 2.45) is 5.73 Å². The SMILES string of the molecule is CCN(CC(=O)O)c1cc(C(N)=O)ccn1. The average molecular weight is 223 g/mol. The molecule has 0 aliphatic carbocycles. The number of carboxylic acids is 1. The first kappa shape index (κ1) is 12.0. The first-order valence-electron chi connectivity index (χ1n) is 4.77. The van der Waals surface area contributed by atoms with E-state index in [-0.39, 0.29) is 6.54 Å². The van der Waals surface area contributed by atoms with Gasteiger partial charge in [-0.25, -0.2) is 4.98 Å². The number of hydrogen-bond donors (Lipinski definition) is 2. The van der Waals surface area contributed by atoms with Crippen molar-refractivity contribution in [1.82, 2.24) is 4.98 Å². The lowest BCUT2D eigenvalue weighted by molar-refractivity contribution is -0.135. The van der Waals surface area contributed by atoms with Gasteiger partial charge in [0.15, 0.2) is 0 Å². The topological polar surface area (TPSA) is 96.5 Å². The summed E-state index contributed by atoms with van der Waals surface area (Å²) in [5.74, 6) is -1.08. The van der Waals surface area contributed by atoms with Crippen molar-refractivity contribution in [1.29, 1.82) is 0 Å². The molecule has 1 aromatic rings. The Bertz CT molecular complexity index is 406. The molecule has 16 heavy (non-hydrogen) atoms. The Balaban J connectivity index is 2.96. The Morgan fingerprint density at radius 2 is 2.25 bits per heavy atom. The standard InChI is InChI=1S/C10H13N3O3/c1-2-13(6-9(14)15)8-5-7(10(11)16)3-4-12-8/h3-5H,2,6H2,1H3,(H2,11,16)(H,14,15). The van der Waals surface area contributed by atoms with Gasteiger partial charge < -0.3 is 15.7 Å². The summed E-state index contributed by atoms with van der Waals surface area (Å²) in [6, 6.07) is 2.97. The first-order chi connectivity index (χ1) is 7.54. The maximum atomic E-state index is 10.9. The van der Waals surface area contributed by atoms with Crippen molar-refractivity contribution in [2.45, 2.75) is 6.92 Å². The number of aromatic nitrogens is 1. The zero-order chi connectivity index (χ0) is 12.1. The molecule has 0 saturated heterocycles. The zero-order valence-electron chi connectivity index (χ0n) is 8.88. The van der Waals surface area contributed by atoms with Gasteiger partial charge >= 0.3 is 5.97 Å². The molecule has 0 aliphatic rings. The van der Waals surface area contributed by atoms with Gasteiger partial charge in [0, 0.05) is 18.3 Å². The summed E-state index contributed by atoms with van der Waals surface area (Å²) < 4.78 is 0. The van der Waals surface area contributed by atoms with E-state index in [1.165, 1.54) is 23.2 Å². The lowest BCUT2D eigenvalue weighted by Crippen LogP contribution is -2.30. The van der Waals surface area contributed by atoms with Crippen LogP contribution in [0.15, 0.2) is 18.3 Å². The Hall–Kier alpha value is -2.11. The fourth-order valence-corrected chi connectivity index (χ4v) is 1.26. The molecule has 0 bridgehead atoms. The van der Waals surface area contributed by atoms with Crippen molar-refractivity contribution < 1.29 is 14.7 Å². The maximum Gasteiger partial charge on any atom is 0.323 e. The second-order valence-electron chi connectivity index (χ2n) is 3.17. The lowest BCUT2D eigenvalue weighted by atomic mass is 10.2. The third-order valence-electron chi connectivity index (χ3n) is 2.06. The maximum absolute atomic E-state index is 10.9. The number of pyridine rings is 1. The predicted molar refractivity (Wildman–Crippen MR) is 58.3 cm³/mol. The van der Waals surface area contributed by atoms with E-state index in [1.54, 1.807) is 0 Å². The molecule has 3 N–H and O–H groups in total. The number of nitrogens with two attached hydrogens (primary N) is 1. The highest BCUT2D eigenvalue weighted by atomic mass is 16.4. The molecule has 6 nitrogen and oxygen atoms in total. The number of carboxylic acid groups (broad SMARTS) is 1. The number of carbonyl (C=O) groups is 2. The van der Waals surface area contributed by atoms with Crippen LogP contribution < -0.4 is 10.6 Å². The van der Waals surface area contributed by atoms with E-state index < -0.39 is 11.9 Å². The largest absolute Gasteiger partial charge is 0.480 e. The van der Waals surface area contributed by atoms with Crippen molar-refractivity contribution in [3.05, 3.63) is 23.9 Å². The Kier molecular flexibility index (Phi) is 3.82. The van der Waals surface area contributed by atoms with Crippen molar-refractivity contribution in [2.75, 3.05) is 18.0 Å². The van der Waals surface area contributed by atoms with Gasteiger partial charge in [0.2, 0.25) is 5.91 Å². The van der Waals surface area contributed by atoms with E-state index >= 15 is 0 Å². The summed E-state index contributed by atoms with van der Waals surface area (Å²) in [5.41, 5.74) is 5.44. The van der Waals surface area contributed by atoms with Crippen LogP contribution in [0, 0.1) is 0 Å². The number of nitrogens with zero attached hydrogens (tertiary/aromatic N) is 2. The van der Waals surface area contributed by atoms with Gasteiger partial charge in [-0.3, -0.25) is 9.59 Å². The molecule has 6 heteroatoms. The van der Waals surface area contributed by atoms with Crippen LogP contribution in [-0.4, -0.2) is 35.1 Å². The van der Waals surface area contributed by atoms with Crippen LogP contribution in [0.4, 0.5) is 5.82 Å². The smallest absolute Gasteiger partial charge is 0.323 e. The number of hydrogen-bond acceptors (Lipinski definition) is 4. The van der Waals surface area contributed by atoms with Crippen LogP contribution in [0.25, 0.3) is 0 Å². The van der Waals surface area contributed by atoms with Gasteiger partial charge in [-0.05, 0) is 19.1 Å². The number of primary amides is 1. The van der Waals surface area contributed by atoms with E-state index in [2.05, 4.69) is 4.98 Å². The fraction of sp³-hybridized carbons (Fsp3) is 0.300. The first-order valence-corrected chi connectivity index (χ1v) is 4.77. The van der Waals surface area contributed by atoms with Gasteiger partial charge in [0.25, 0.3) is 0 Å². The van der Waals surface area contributed by atoms with Crippen LogP contribution in [0.5, 0.6) is 0 Å². The minimum atomic E-state index is -0.951. The van der Waals surface area contributed by atoms with Crippen molar-refractivity contribution in [3.8, 4) is 0 Å². The quantitative estimate of drug-likeness (QED) is 0.737. The highest BCUT2D eigenvalue weighted by molar-refractivity contribution is 5.93. The monoisotopic (exact) mass is 223 g/mol. The van der Waals surface area contributed by atoms with Gasteiger partial charge in [-0.2, -0.15) is 0 Å². The molecule has 1 rings (SSSR count). The molecule has 0 radical (unpaired) electrons. The highest BCUT2D eigenvalue weighted by Gasteiger charge is 2.11. The van der Waals surface area contributed by atoms with Crippen molar-refractivity contribution in [3.63, 3.8) is 0 Å². The highest BCUT2D eigenvalue weighted by Crippen LogP contribution is 2.11. The number of likely N-dealkylation sites (N-methyl/N-ethyl adjacent to an activating group) is 1. The molecule has 0 aliphatic heterocycles. The van der Waals surface area contributed by atoms with E-state index in [0.29, 0.717) is 17.9 Å². The molecule has 1 amide bonds. The molecule has 86 valence electrons. The summed E-state index contributed by atoms with van der Waals surface area (Å²) in [6.07, 6.45) is 1.43. The number of carbonyl (C=O) groups excluding carboxylic acids is 1. The molecule has 0 spiro atoms. The van der Waals surface area contributed by atoms with Gasteiger partial charge in [0.1, 0.15) is 12.4 Å². The summed E-state index contributed by atoms with van der Waals surface area (Å²) in [6.45, 7) is 2.13. The van der Waals surface area contributed by atoms with E-state index in [4.69, 9.17) is 10.8 Å². The Morgan fingerprint density at radius 3 is 2.75 bits per heavy atom. The molecular formula is C10H13N3O3. The molecule has 0 saturated carbocycles. The van der Waals surface area contributed by atoms with Crippen LogP contribution in [0.3, 0.4) is 0 Å². The van der Waals surface area contributed by atoms with Gasteiger partial charge in [-0.15, -0.1) is 0 Å². The van der Waals surface area contributed by atoms with Gasteiger partial charge in [0.05, 0.1) is 0 Å². The van der Waals surface area contributed by atoms with Crippen LogP contribution in [0.2, 0.25) is 0 Å². The molecule has 1 heterocycles. The lowest BCUT2D eigenvalue weighted by Gasteiger charge is -2.19. The second-order valence-corrected chi connectivity index (χ2v) is 3.17. The number of rotatable bonds is 5. The number of anilines is 1. The van der Waals surface area contributed by atoms with Crippen molar-refractivity contribution >= 4 is 17.7 Å². The average Bonchev–Trinajstić information content (AvgIpc) is 2.25. The van der Waals surface area contributed by atoms with Gasteiger partial charge in [-0.1, -0.05) is 0 Å². The number of aliphatic carboxylic acids is 1. The van der Waals surface area contributed by atoms with Crippen LogP contribution >= 0.6 is 0 Å². The minimum Gasteiger partial charge on any atom is -0.480 e. The van der Waals surface area contributed by atoms with E-state index in [9.17, 15) is 9.59 Å². The minimum absolute atomic E-state index is 0.161. The van der Waals surface area contributed by atoms with E-state index in [0.717, 1.165) is 0 Å². The van der Waals surface area contributed by atoms with Crippen LogP contribution in [0.1, 0.15) is 17.3 Å². The molecule has 0 unspecified atom stereocenters. The second kappa shape index (κ2) is 5.11. The fourth-order valence-electron chi connectivity index (χ4n) is 1.26. The summed E-state index contributed by atoms with van der Waals surface area (Å²) in [7, 11) is 0.